The Kier molecular flexibility index (Phi) is 3.64. The molecule has 0 amide bonds. The fraction of sp³-hybridized carbons (Fsp3) is 0.133. The van der Waals surface area contributed by atoms with Gasteiger partial charge in [0.05, 0.1) is 0 Å². The van der Waals surface area contributed by atoms with Crippen LogP contribution in [0.5, 0.6) is 0 Å². The largest absolute Gasteiger partial charge is 0.282 e. The van der Waals surface area contributed by atoms with Crippen molar-refractivity contribution in [3.8, 4) is 11.1 Å². The number of rotatable bonds is 3. The maximum atomic E-state index is 11.4. The lowest BCUT2D eigenvalue weighted by Gasteiger charge is -2.07. The number of carbonyl (C=O) groups excluding carboxylic acids is 1. The van der Waals surface area contributed by atoms with E-state index >= 15 is 0 Å². The van der Waals surface area contributed by atoms with Crippen LogP contribution >= 0.6 is 12.6 Å². The van der Waals surface area contributed by atoms with E-state index in [9.17, 15) is 4.79 Å². The maximum absolute atomic E-state index is 11.4. The zero-order chi connectivity index (χ0) is 12.3. The topological polar surface area (TPSA) is 17.1 Å². The average molecular weight is 242 g/mol. The Morgan fingerprint density at radius 1 is 1.06 bits per heavy atom. The molecule has 0 bridgehead atoms. The Morgan fingerprint density at radius 3 is 2.29 bits per heavy atom. The van der Waals surface area contributed by atoms with Crippen molar-refractivity contribution in [3.63, 3.8) is 0 Å². The molecule has 0 saturated carbocycles. The molecule has 0 aliphatic rings. The third-order valence-electron chi connectivity index (χ3n) is 2.83. The Labute approximate surface area is 107 Å². The lowest BCUT2D eigenvalue weighted by molar-refractivity contribution is 0.109. The summed E-state index contributed by atoms with van der Waals surface area (Å²) in [6, 6.07) is 15.8. The van der Waals surface area contributed by atoms with Gasteiger partial charge in [-0.15, -0.1) is 12.6 Å². The molecular weight excluding hydrogens is 228 g/mol. The van der Waals surface area contributed by atoms with E-state index in [0.717, 1.165) is 17.5 Å². The molecule has 86 valence electrons. The highest BCUT2D eigenvalue weighted by atomic mass is 32.1. The smallest absolute Gasteiger partial charge is 0.216 e. The molecular formula is C15H14OS. The standard InChI is InChI=1S/C15H14OS/c1-2-11-7-9-12(10-8-11)13-5-3-4-6-14(13)15(16)17/h3-10H,2H2,1H3,(H,16,17). The average Bonchev–Trinajstić information content (AvgIpc) is 2.39. The Bertz CT molecular complexity index is 529. The second-order valence-corrected chi connectivity index (χ2v) is 4.31. The van der Waals surface area contributed by atoms with Gasteiger partial charge < -0.3 is 0 Å². The highest BCUT2D eigenvalue weighted by molar-refractivity contribution is 7.97. The van der Waals surface area contributed by atoms with Gasteiger partial charge in [-0.1, -0.05) is 49.4 Å². The number of thiol groups is 1. The highest BCUT2D eigenvalue weighted by Crippen LogP contribution is 2.25. The van der Waals surface area contributed by atoms with Crippen molar-refractivity contribution >= 4 is 17.7 Å². The minimum Gasteiger partial charge on any atom is -0.282 e. The van der Waals surface area contributed by atoms with Crippen LogP contribution in [0.3, 0.4) is 0 Å². The molecule has 0 radical (unpaired) electrons. The van der Waals surface area contributed by atoms with Crippen molar-refractivity contribution < 1.29 is 4.79 Å². The zero-order valence-electron chi connectivity index (χ0n) is 9.68. The summed E-state index contributed by atoms with van der Waals surface area (Å²) in [7, 11) is 0. The van der Waals surface area contributed by atoms with Crippen LogP contribution in [0.2, 0.25) is 0 Å². The van der Waals surface area contributed by atoms with Gasteiger partial charge in [-0.05, 0) is 29.2 Å². The quantitative estimate of drug-likeness (QED) is 0.805. The van der Waals surface area contributed by atoms with Crippen LogP contribution in [0.15, 0.2) is 48.5 Å². The summed E-state index contributed by atoms with van der Waals surface area (Å²) in [6.45, 7) is 2.13. The van der Waals surface area contributed by atoms with Gasteiger partial charge in [0.15, 0.2) is 0 Å². The summed E-state index contributed by atoms with van der Waals surface area (Å²) in [6.07, 6.45) is 1.02. The molecule has 0 spiro atoms. The third kappa shape index (κ3) is 2.59. The van der Waals surface area contributed by atoms with Gasteiger partial charge in [0.25, 0.3) is 0 Å². The van der Waals surface area contributed by atoms with E-state index < -0.39 is 0 Å². The molecule has 0 aliphatic heterocycles. The first-order valence-corrected chi connectivity index (χ1v) is 6.08. The van der Waals surface area contributed by atoms with Crippen molar-refractivity contribution in [3.05, 3.63) is 59.7 Å². The molecule has 2 rings (SSSR count). The highest BCUT2D eigenvalue weighted by Gasteiger charge is 2.08. The summed E-state index contributed by atoms with van der Waals surface area (Å²) in [5.41, 5.74) is 3.94. The summed E-state index contributed by atoms with van der Waals surface area (Å²) in [5, 5.41) is -0.194. The van der Waals surface area contributed by atoms with Crippen molar-refractivity contribution in [1.29, 1.82) is 0 Å². The Balaban J connectivity index is 2.48. The van der Waals surface area contributed by atoms with Crippen LogP contribution in [0.1, 0.15) is 22.8 Å². The Morgan fingerprint density at radius 2 is 1.71 bits per heavy atom. The van der Waals surface area contributed by atoms with Crippen molar-refractivity contribution in [2.75, 3.05) is 0 Å². The van der Waals surface area contributed by atoms with Gasteiger partial charge in [0.2, 0.25) is 5.12 Å². The van der Waals surface area contributed by atoms with Crippen LogP contribution in [0.4, 0.5) is 0 Å². The van der Waals surface area contributed by atoms with E-state index in [-0.39, 0.29) is 5.12 Å². The molecule has 0 aromatic heterocycles. The van der Waals surface area contributed by atoms with Crippen molar-refractivity contribution in [2.45, 2.75) is 13.3 Å². The molecule has 2 aromatic carbocycles. The molecule has 17 heavy (non-hydrogen) atoms. The fourth-order valence-electron chi connectivity index (χ4n) is 1.84. The number of hydrogen-bond acceptors (Lipinski definition) is 1. The molecule has 0 aliphatic carbocycles. The number of hydrogen-bond donors (Lipinski definition) is 1. The first-order chi connectivity index (χ1) is 8.22. The molecule has 0 saturated heterocycles. The number of benzene rings is 2. The second-order valence-electron chi connectivity index (χ2n) is 3.90. The van der Waals surface area contributed by atoms with Gasteiger partial charge in [-0.2, -0.15) is 0 Å². The maximum Gasteiger partial charge on any atom is 0.216 e. The van der Waals surface area contributed by atoms with Crippen LogP contribution in [0.25, 0.3) is 11.1 Å². The minimum atomic E-state index is -0.194. The molecule has 0 atom stereocenters. The van der Waals surface area contributed by atoms with Crippen molar-refractivity contribution in [2.24, 2.45) is 0 Å². The van der Waals surface area contributed by atoms with Gasteiger partial charge in [0.1, 0.15) is 0 Å². The van der Waals surface area contributed by atoms with E-state index in [4.69, 9.17) is 0 Å². The van der Waals surface area contributed by atoms with E-state index in [1.807, 2.05) is 30.3 Å². The molecule has 0 N–H and O–H groups in total. The summed E-state index contributed by atoms with van der Waals surface area (Å²) < 4.78 is 0. The lowest BCUT2D eigenvalue weighted by atomic mass is 9.99. The van der Waals surface area contributed by atoms with E-state index in [2.05, 4.69) is 31.7 Å². The van der Waals surface area contributed by atoms with E-state index in [1.165, 1.54) is 5.56 Å². The Hall–Kier alpha value is -1.54. The van der Waals surface area contributed by atoms with Crippen LogP contribution < -0.4 is 0 Å². The first kappa shape index (κ1) is 11.9. The SMILES string of the molecule is CCc1ccc(-c2ccccc2C(=O)S)cc1. The predicted molar refractivity (Wildman–Crippen MR) is 74.6 cm³/mol. The molecule has 2 aromatic rings. The van der Waals surface area contributed by atoms with Gasteiger partial charge in [-0.25, -0.2) is 0 Å². The first-order valence-electron chi connectivity index (χ1n) is 5.64. The van der Waals surface area contributed by atoms with Crippen molar-refractivity contribution in [1.82, 2.24) is 0 Å². The summed E-state index contributed by atoms with van der Waals surface area (Å²) in [5.74, 6) is 0. The molecule has 0 fully saturated rings. The second kappa shape index (κ2) is 5.19. The van der Waals surface area contributed by atoms with Gasteiger partial charge >= 0.3 is 0 Å². The van der Waals surface area contributed by atoms with Crippen LogP contribution in [-0.4, -0.2) is 5.12 Å². The minimum absolute atomic E-state index is 0.194. The van der Waals surface area contributed by atoms with Gasteiger partial charge in [-0.3, -0.25) is 4.79 Å². The normalized spacial score (nSPS) is 10.2. The van der Waals surface area contributed by atoms with E-state index in [1.54, 1.807) is 6.07 Å². The monoisotopic (exact) mass is 242 g/mol. The summed E-state index contributed by atoms with van der Waals surface area (Å²) in [4.78, 5) is 11.4. The number of carbonyl (C=O) groups is 1. The molecule has 1 nitrogen and oxygen atoms in total. The summed E-state index contributed by atoms with van der Waals surface area (Å²) >= 11 is 3.91. The van der Waals surface area contributed by atoms with E-state index in [0.29, 0.717) is 5.56 Å². The lowest BCUT2D eigenvalue weighted by Crippen LogP contribution is -1.93. The number of aryl methyl sites for hydroxylation is 1. The third-order valence-corrected chi connectivity index (χ3v) is 3.07. The van der Waals surface area contributed by atoms with Crippen LogP contribution in [0, 0.1) is 0 Å². The fourth-order valence-corrected chi connectivity index (χ4v) is 2.04. The molecule has 0 heterocycles. The predicted octanol–water partition coefficient (Wildman–Crippen LogP) is 3.99. The molecule has 0 unspecified atom stereocenters. The van der Waals surface area contributed by atoms with Gasteiger partial charge in [0, 0.05) is 5.56 Å². The zero-order valence-corrected chi connectivity index (χ0v) is 10.6. The van der Waals surface area contributed by atoms with Crippen LogP contribution in [-0.2, 0) is 6.42 Å². The molecule has 2 heteroatoms.